The molecule has 0 aliphatic carbocycles. The Bertz CT molecular complexity index is 972. The highest BCUT2D eigenvalue weighted by Gasteiger charge is 2.15. The molecule has 5 nitrogen and oxygen atoms in total. The van der Waals surface area contributed by atoms with E-state index in [1.165, 1.54) is 11.1 Å². The van der Waals surface area contributed by atoms with Crippen LogP contribution in [0.15, 0.2) is 66.9 Å². The van der Waals surface area contributed by atoms with Gasteiger partial charge in [0.2, 0.25) is 5.88 Å². The molecule has 1 aromatic heterocycles. The predicted molar refractivity (Wildman–Crippen MR) is 122 cm³/mol. The van der Waals surface area contributed by atoms with E-state index in [1.54, 1.807) is 6.20 Å². The lowest BCUT2D eigenvalue weighted by molar-refractivity contribution is 0.0762. The summed E-state index contributed by atoms with van der Waals surface area (Å²) in [5.41, 5.74) is 3.68. The maximum absolute atomic E-state index is 6.19. The van der Waals surface area contributed by atoms with Gasteiger partial charge in [-0.1, -0.05) is 56.3 Å². The molecule has 5 heteroatoms. The molecule has 0 spiro atoms. The van der Waals surface area contributed by atoms with Crippen molar-refractivity contribution in [2.24, 2.45) is 0 Å². The number of fused-ring (bicyclic) bond motifs is 2. The second-order valence-electron chi connectivity index (χ2n) is 8.08. The zero-order chi connectivity index (χ0) is 21.5. The van der Waals surface area contributed by atoms with Gasteiger partial charge < -0.3 is 14.2 Å². The van der Waals surface area contributed by atoms with Gasteiger partial charge in [-0.3, -0.25) is 4.90 Å². The third kappa shape index (κ3) is 5.84. The topological polar surface area (TPSA) is 43.8 Å². The monoisotopic (exact) mass is 418 g/mol. The van der Waals surface area contributed by atoms with E-state index in [9.17, 15) is 0 Å². The average molecular weight is 419 g/mol. The number of pyridine rings is 1. The molecule has 162 valence electrons. The van der Waals surface area contributed by atoms with Crippen molar-refractivity contribution in [3.8, 4) is 17.4 Å². The molecule has 31 heavy (non-hydrogen) atoms. The van der Waals surface area contributed by atoms with Crippen LogP contribution in [0.5, 0.6) is 17.4 Å². The first kappa shape index (κ1) is 21.3. The molecule has 2 heterocycles. The van der Waals surface area contributed by atoms with Crippen LogP contribution in [0, 0.1) is 0 Å². The number of para-hydroxylation sites is 2. The minimum Gasteiger partial charge on any atom is -0.487 e. The lowest BCUT2D eigenvalue weighted by atomic mass is 10.0. The van der Waals surface area contributed by atoms with Crippen LogP contribution in [-0.4, -0.2) is 36.2 Å². The number of nitrogens with zero attached hydrogens (tertiary/aromatic N) is 2. The minimum atomic E-state index is 0.478. The fourth-order valence-corrected chi connectivity index (χ4v) is 3.62. The first-order chi connectivity index (χ1) is 15.2. The van der Waals surface area contributed by atoms with Crippen molar-refractivity contribution in [1.29, 1.82) is 0 Å². The van der Waals surface area contributed by atoms with Gasteiger partial charge in [0.25, 0.3) is 0 Å². The van der Waals surface area contributed by atoms with Crippen molar-refractivity contribution in [1.82, 2.24) is 9.88 Å². The standard InChI is InChI=1S/C26H30N2O3/c1-20(2)22-11-9-21(10-12-22)18-28-14-15-29-16-17-30-24-7-3-4-8-25(24)31-26-23(19-28)6-5-13-27-26/h3-13,20H,14-19H2,1-2H3. The number of benzene rings is 2. The average Bonchev–Trinajstić information content (AvgIpc) is 2.79. The summed E-state index contributed by atoms with van der Waals surface area (Å²) >= 11 is 0. The lowest BCUT2D eigenvalue weighted by Gasteiger charge is -2.23. The molecular weight excluding hydrogens is 388 g/mol. The molecule has 0 saturated carbocycles. The molecular formula is C26H30N2O3. The summed E-state index contributed by atoms with van der Waals surface area (Å²) in [5.74, 6) is 2.51. The van der Waals surface area contributed by atoms with Crippen molar-refractivity contribution in [2.75, 3.05) is 26.4 Å². The molecule has 0 atom stereocenters. The van der Waals surface area contributed by atoms with Crippen molar-refractivity contribution in [2.45, 2.75) is 32.9 Å². The summed E-state index contributed by atoms with van der Waals surface area (Å²) in [6.45, 7) is 8.47. The van der Waals surface area contributed by atoms with Crippen LogP contribution >= 0.6 is 0 Å². The van der Waals surface area contributed by atoms with E-state index in [1.807, 2.05) is 30.3 Å². The van der Waals surface area contributed by atoms with Crippen LogP contribution in [0.1, 0.15) is 36.5 Å². The van der Waals surface area contributed by atoms with E-state index >= 15 is 0 Å². The first-order valence-corrected chi connectivity index (χ1v) is 10.9. The molecule has 4 rings (SSSR count). The summed E-state index contributed by atoms with van der Waals surface area (Å²) in [7, 11) is 0. The van der Waals surface area contributed by atoms with Crippen LogP contribution in [0.2, 0.25) is 0 Å². The van der Waals surface area contributed by atoms with Gasteiger partial charge in [0.05, 0.1) is 13.2 Å². The Kier molecular flexibility index (Phi) is 7.18. The highest BCUT2D eigenvalue weighted by Crippen LogP contribution is 2.32. The van der Waals surface area contributed by atoms with E-state index in [0.717, 1.165) is 25.2 Å². The summed E-state index contributed by atoms with van der Waals surface area (Å²) in [4.78, 5) is 6.88. The van der Waals surface area contributed by atoms with E-state index in [-0.39, 0.29) is 0 Å². The molecule has 0 fully saturated rings. The van der Waals surface area contributed by atoms with Crippen LogP contribution in [0.3, 0.4) is 0 Å². The zero-order valence-corrected chi connectivity index (χ0v) is 18.3. The summed E-state index contributed by atoms with van der Waals surface area (Å²) in [6.07, 6.45) is 1.76. The fourth-order valence-electron chi connectivity index (χ4n) is 3.62. The molecule has 0 bridgehead atoms. The Balaban J connectivity index is 1.57. The van der Waals surface area contributed by atoms with Gasteiger partial charge in [0, 0.05) is 31.4 Å². The molecule has 0 saturated heterocycles. The van der Waals surface area contributed by atoms with Gasteiger partial charge in [-0.05, 0) is 35.2 Å². The Hall–Kier alpha value is -2.89. The molecule has 0 unspecified atom stereocenters. The maximum Gasteiger partial charge on any atom is 0.223 e. The van der Waals surface area contributed by atoms with Crippen molar-refractivity contribution >= 4 is 0 Å². The summed E-state index contributed by atoms with van der Waals surface area (Å²) in [6, 6.07) is 20.6. The molecule has 2 aromatic carbocycles. The normalized spacial score (nSPS) is 15.5. The van der Waals surface area contributed by atoms with E-state index in [2.05, 4.69) is 54.1 Å². The van der Waals surface area contributed by atoms with Crippen LogP contribution in [0.4, 0.5) is 0 Å². The van der Waals surface area contributed by atoms with E-state index < -0.39 is 0 Å². The van der Waals surface area contributed by atoms with Crippen molar-refractivity contribution in [3.05, 3.63) is 83.6 Å². The summed E-state index contributed by atoms with van der Waals surface area (Å²) in [5, 5.41) is 0. The van der Waals surface area contributed by atoms with E-state index in [0.29, 0.717) is 43.1 Å². The fraction of sp³-hybridized carbons (Fsp3) is 0.346. The molecule has 0 amide bonds. The number of hydrogen-bond acceptors (Lipinski definition) is 5. The Labute approximate surface area is 184 Å². The summed E-state index contributed by atoms with van der Waals surface area (Å²) < 4.78 is 17.9. The zero-order valence-electron chi connectivity index (χ0n) is 18.3. The lowest BCUT2D eigenvalue weighted by Crippen LogP contribution is -2.27. The number of hydrogen-bond donors (Lipinski definition) is 0. The van der Waals surface area contributed by atoms with Crippen molar-refractivity contribution in [3.63, 3.8) is 0 Å². The molecule has 1 aliphatic rings. The van der Waals surface area contributed by atoms with Gasteiger partial charge in [0.15, 0.2) is 11.5 Å². The molecule has 1 aliphatic heterocycles. The second-order valence-corrected chi connectivity index (χ2v) is 8.08. The number of rotatable bonds is 3. The number of ether oxygens (including phenoxy) is 3. The van der Waals surface area contributed by atoms with E-state index in [4.69, 9.17) is 14.2 Å². The van der Waals surface area contributed by atoms with Gasteiger partial charge in [-0.25, -0.2) is 4.98 Å². The Morgan fingerprint density at radius 1 is 0.903 bits per heavy atom. The predicted octanol–water partition coefficient (Wildman–Crippen LogP) is 5.41. The first-order valence-electron chi connectivity index (χ1n) is 10.9. The van der Waals surface area contributed by atoms with Crippen LogP contribution in [0.25, 0.3) is 0 Å². The SMILES string of the molecule is CC(C)c1ccc(CN2CCOCCOc3ccccc3Oc3ncccc3C2)cc1. The Morgan fingerprint density at radius 2 is 1.71 bits per heavy atom. The van der Waals surface area contributed by atoms with Gasteiger partial charge in [-0.15, -0.1) is 0 Å². The molecule has 0 N–H and O–H groups in total. The maximum atomic E-state index is 6.19. The van der Waals surface area contributed by atoms with Crippen molar-refractivity contribution < 1.29 is 14.2 Å². The minimum absolute atomic E-state index is 0.478. The third-order valence-electron chi connectivity index (χ3n) is 5.39. The number of aromatic nitrogens is 1. The second kappa shape index (κ2) is 10.4. The largest absolute Gasteiger partial charge is 0.487 e. The Morgan fingerprint density at radius 3 is 2.52 bits per heavy atom. The highest BCUT2D eigenvalue weighted by molar-refractivity contribution is 5.43. The quantitative estimate of drug-likeness (QED) is 0.569. The third-order valence-corrected chi connectivity index (χ3v) is 5.39. The highest BCUT2D eigenvalue weighted by atomic mass is 16.5. The van der Waals surface area contributed by atoms with Gasteiger partial charge in [-0.2, -0.15) is 0 Å². The smallest absolute Gasteiger partial charge is 0.223 e. The van der Waals surface area contributed by atoms with Crippen LogP contribution < -0.4 is 9.47 Å². The van der Waals surface area contributed by atoms with Gasteiger partial charge in [0.1, 0.15) is 6.61 Å². The van der Waals surface area contributed by atoms with Crippen LogP contribution in [-0.2, 0) is 17.8 Å². The molecule has 0 radical (unpaired) electrons. The van der Waals surface area contributed by atoms with Gasteiger partial charge >= 0.3 is 0 Å². The molecule has 3 aromatic rings.